The van der Waals surface area contributed by atoms with Crippen LogP contribution in [-0.4, -0.2) is 99.1 Å². The second kappa shape index (κ2) is 10.9. The number of aliphatic hydroxyl groups excluding tert-OH is 2. The number of hydrogen-bond donors (Lipinski definition) is 7. The number of allylic oxidation sites excluding steroid dienone is 1. The summed E-state index contributed by atoms with van der Waals surface area (Å²) in [6.45, 7) is 6.29. The van der Waals surface area contributed by atoms with Gasteiger partial charge in [-0.1, -0.05) is 19.9 Å². The molecule has 0 aromatic carbocycles. The van der Waals surface area contributed by atoms with Crippen LogP contribution in [0.5, 0.6) is 0 Å². The zero-order chi connectivity index (χ0) is 34.1. The van der Waals surface area contributed by atoms with Gasteiger partial charge in [-0.25, -0.2) is 4.79 Å². The number of aldehydes is 1. The first-order chi connectivity index (χ1) is 22.8. The average molecular weight is 669 g/mol. The van der Waals surface area contributed by atoms with Gasteiger partial charge in [0.15, 0.2) is 5.60 Å². The van der Waals surface area contributed by atoms with Crippen LogP contribution < -0.4 is 10.6 Å². The highest BCUT2D eigenvalue weighted by molar-refractivity contribution is 5.88. The molecule has 6 saturated carbocycles. The highest BCUT2D eigenvalue weighted by Crippen LogP contribution is 2.78. The molecule has 14 atom stereocenters. The Labute approximate surface area is 283 Å². The Bertz CT molecular complexity index is 1430. The van der Waals surface area contributed by atoms with Crippen molar-refractivity contribution in [3.63, 3.8) is 0 Å². The lowest BCUT2D eigenvalue weighted by Gasteiger charge is -2.73. The first-order valence-corrected chi connectivity index (χ1v) is 18.8. The Balaban J connectivity index is 1.29. The van der Waals surface area contributed by atoms with E-state index in [-0.39, 0.29) is 42.5 Å². The van der Waals surface area contributed by atoms with E-state index in [1.54, 1.807) is 6.08 Å². The number of aliphatic hydroxyl groups is 5. The minimum atomic E-state index is -2.09. The van der Waals surface area contributed by atoms with Crippen LogP contribution >= 0.6 is 0 Å². The van der Waals surface area contributed by atoms with Crippen molar-refractivity contribution in [2.45, 2.75) is 119 Å². The minimum Gasteiger partial charge on any atom is -0.447 e. The summed E-state index contributed by atoms with van der Waals surface area (Å²) in [5.41, 5.74) is -6.89. The van der Waals surface area contributed by atoms with Gasteiger partial charge in [0, 0.05) is 48.9 Å². The Morgan fingerprint density at radius 2 is 1.79 bits per heavy atom. The Morgan fingerprint density at radius 1 is 1.00 bits per heavy atom. The molecule has 6 fully saturated rings. The summed E-state index contributed by atoms with van der Waals surface area (Å²) in [4.78, 5) is 26.9. The zero-order valence-corrected chi connectivity index (χ0v) is 28.8. The predicted octanol–water partition coefficient (Wildman–Crippen LogP) is 1.77. The van der Waals surface area contributed by atoms with E-state index in [4.69, 9.17) is 4.74 Å². The summed E-state index contributed by atoms with van der Waals surface area (Å²) in [6, 6.07) is 0. The molecular weight excluding hydrogens is 612 g/mol. The summed E-state index contributed by atoms with van der Waals surface area (Å²) < 4.78 is 6.24. The van der Waals surface area contributed by atoms with Gasteiger partial charge in [0.05, 0.1) is 23.2 Å². The normalized spacial score (nSPS) is 53.3. The summed E-state index contributed by atoms with van der Waals surface area (Å²) >= 11 is 0. The van der Waals surface area contributed by atoms with E-state index in [0.29, 0.717) is 57.9 Å². The van der Waals surface area contributed by atoms with E-state index in [1.165, 1.54) is 0 Å². The molecule has 48 heavy (non-hydrogen) atoms. The number of esters is 1. The molecule has 266 valence electrons. The minimum absolute atomic E-state index is 0.112. The number of hydrogen-bond acceptors (Lipinski definition) is 10. The zero-order valence-electron chi connectivity index (χ0n) is 28.8. The van der Waals surface area contributed by atoms with Crippen molar-refractivity contribution >= 4 is 12.3 Å². The molecule has 0 saturated heterocycles. The second-order valence-electron chi connectivity index (χ2n) is 17.5. The monoisotopic (exact) mass is 668 g/mol. The molecule has 0 aromatic heterocycles. The summed E-state index contributed by atoms with van der Waals surface area (Å²) in [6.07, 6.45) is 7.44. The predicted molar refractivity (Wildman–Crippen MR) is 176 cm³/mol. The number of likely N-dealkylation sites (N-methyl/N-ethyl adjacent to an activating group) is 1. The Morgan fingerprint density at radius 3 is 2.52 bits per heavy atom. The van der Waals surface area contributed by atoms with Crippen molar-refractivity contribution in [2.24, 2.45) is 52.3 Å². The standard InChI is InChI=1S/C38H56N2O8/c1-21(2)22-5-6-25-28(42)7-11-34(20-41)29-8-12-33-9-4-10-35-24(19-40-14-13-39-3)15-23(31(33)26(35)17-30(43)48-35)18-36(33,45)38(29,47)32(44)27(16-22)37(25,34)46/h15,17,20-23,25,27-29,31-32,39-40,42,44-47H,4-14,16,18-19H2,1-3H3/t22-,23-,25+,27-,28-,29+,31+,32-,33+,34-,35+,36+,37+,38+/m0/s1. The van der Waals surface area contributed by atoms with E-state index >= 15 is 0 Å². The van der Waals surface area contributed by atoms with Gasteiger partial charge in [0.2, 0.25) is 0 Å². The third-order valence-electron chi connectivity index (χ3n) is 16.0. The van der Waals surface area contributed by atoms with E-state index in [1.807, 2.05) is 7.05 Å². The molecule has 0 amide bonds. The largest absolute Gasteiger partial charge is 0.447 e. The Hall–Kier alpha value is -1.66. The highest BCUT2D eigenvalue weighted by Gasteiger charge is 2.85. The van der Waals surface area contributed by atoms with Crippen molar-refractivity contribution < 1.29 is 39.9 Å². The van der Waals surface area contributed by atoms with E-state index in [2.05, 4.69) is 30.6 Å². The molecular formula is C38H56N2O8. The van der Waals surface area contributed by atoms with Crippen LogP contribution in [0.4, 0.5) is 0 Å². The topological polar surface area (TPSA) is 169 Å². The summed E-state index contributed by atoms with van der Waals surface area (Å²) in [7, 11) is 1.90. The third-order valence-corrected chi connectivity index (χ3v) is 16.0. The van der Waals surface area contributed by atoms with Crippen molar-refractivity contribution in [3.8, 4) is 0 Å². The van der Waals surface area contributed by atoms with Gasteiger partial charge >= 0.3 is 5.97 Å². The maximum absolute atomic E-state index is 13.7. The van der Waals surface area contributed by atoms with Gasteiger partial charge in [0.25, 0.3) is 0 Å². The molecule has 10 heteroatoms. The maximum atomic E-state index is 13.7. The molecule has 1 heterocycles. The van der Waals surface area contributed by atoms with Crippen LogP contribution in [0.25, 0.3) is 0 Å². The number of nitrogens with one attached hydrogen (secondary N) is 2. The second-order valence-corrected chi connectivity index (χ2v) is 17.5. The van der Waals surface area contributed by atoms with Crippen LogP contribution in [0.15, 0.2) is 23.3 Å². The van der Waals surface area contributed by atoms with Crippen LogP contribution in [-0.2, 0) is 14.3 Å². The average Bonchev–Trinajstić information content (AvgIpc) is 3.40. The van der Waals surface area contributed by atoms with E-state index in [0.717, 1.165) is 36.9 Å². The van der Waals surface area contributed by atoms with Crippen molar-refractivity contribution in [2.75, 3.05) is 26.7 Å². The molecule has 2 bridgehead atoms. The molecule has 8 aliphatic rings. The molecule has 0 radical (unpaired) electrons. The first kappa shape index (κ1) is 33.5. The fourth-order valence-corrected chi connectivity index (χ4v) is 14.0. The van der Waals surface area contributed by atoms with Crippen LogP contribution in [0.3, 0.4) is 0 Å². The van der Waals surface area contributed by atoms with Crippen LogP contribution in [0.2, 0.25) is 0 Å². The highest BCUT2D eigenvalue weighted by atomic mass is 16.6. The van der Waals surface area contributed by atoms with E-state index in [9.17, 15) is 35.1 Å². The van der Waals surface area contributed by atoms with Crippen molar-refractivity contribution in [3.05, 3.63) is 23.3 Å². The number of ether oxygens (including phenoxy) is 1. The lowest BCUT2D eigenvalue weighted by atomic mass is 9.35. The smallest absolute Gasteiger partial charge is 0.332 e. The molecule has 0 unspecified atom stereocenters. The van der Waals surface area contributed by atoms with Gasteiger partial charge in [-0.15, -0.1) is 0 Å². The van der Waals surface area contributed by atoms with Gasteiger partial charge in [-0.2, -0.15) is 0 Å². The first-order valence-electron chi connectivity index (χ1n) is 18.8. The van der Waals surface area contributed by atoms with Crippen LogP contribution in [0, 0.1) is 52.3 Å². The molecule has 0 aromatic rings. The summed E-state index contributed by atoms with van der Waals surface area (Å²) in [5, 5.41) is 71.1. The number of rotatable bonds is 7. The van der Waals surface area contributed by atoms with Crippen molar-refractivity contribution in [1.82, 2.24) is 10.6 Å². The molecule has 8 rings (SSSR count). The van der Waals surface area contributed by atoms with E-state index < -0.39 is 63.2 Å². The fourth-order valence-electron chi connectivity index (χ4n) is 14.0. The van der Waals surface area contributed by atoms with Gasteiger partial charge in [-0.3, -0.25) is 0 Å². The molecule has 10 nitrogen and oxygen atoms in total. The van der Waals surface area contributed by atoms with Gasteiger partial charge in [-0.05, 0) is 112 Å². The van der Waals surface area contributed by atoms with Crippen LogP contribution in [0.1, 0.15) is 84.5 Å². The third kappa shape index (κ3) is 3.73. The molecule has 1 spiro atoms. The summed E-state index contributed by atoms with van der Waals surface area (Å²) in [5.74, 6) is -2.89. The molecule has 7 aliphatic carbocycles. The van der Waals surface area contributed by atoms with Gasteiger partial charge < -0.3 is 45.7 Å². The number of fused-ring (bicyclic) bond motifs is 3. The Kier molecular flexibility index (Phi) is 7.62. The number of carbonyl (C=O) groups excluding carboxylic acids is 2. The molecule has 1 aliphatic heterocycles. The number of carbonyl (C=O) groups is 2. The van der Waals surface area contributed by atoms with Gasteiger partial charge in [0.1, 0.15) is 17.5 Å². The molecule has 7 N–H and O–H groups in total. The SMILES string of the molecule is CNCCNCC1=C[C@H]2C[C@@]3(O)[C@]4(CCC[C@@]15OC(=O)C=C5[C@@H]24)CC[C@H]1[C@@]3(O)[C@@H](O)[C@@H]2C[C@@H](C(C)C)CC[C@@H]3[C@@H](O)CC[C@@]1(C=O)[C@@]32O. The quantitative estimate of drug-likeness (QED) is 0.0919. The fraction of sp³-hybridized carbons (Fsp3) is 0.842. The maximum Gasteiger partial charge on any atom is 0.332 e. The van der Waals surface area contributed by atoms with Crippen molar-refractivity contribution in [1.29, 1.82) is 0 Å². The lowest BCUT2D eigenvalue weighted by Crippen LogP contribution is -2.85. The lowest BCUT2D eigenvalue weighted by molar-refractivity contribution is -0.375.